The second-order valence-electron chi connectivity index (χ2n) is 6.40. The van der Waals surface area contributed by atoms with Crippen LogP contribution in [0.25, 0.3) is 11.5 Å². The molecule has 0 radical (unpaired) electrons. The Balaban J connectivity index is 1.34. The highest BCUT2D eigenvalue weighted by molar-refractivity contribution is 5.79. The number of hydrogen-bond acceptors (Lipinski definition) is 5. The van der Waals surface area contributed by atoms with Gasteiger partial charge in [0.2, 0.25) is 5.89 Å². The summed E-state index contributed by atoms with van der Waals surface area (Å²) in [7, 11) is 1.76. The summed E-state index contributed by atoms with van der Waals surface area (Å²) >= 11 is 0. The fourth-order valence-electron chi connectivity index (χ4n) is 2.87. The van der Waals surface area contributed by atoms with Crippen molar-refractivity contribution < 1.29 is 13.9 Å². The van der Waals surface area contributed by atoms with Crippen LogP contribution in [-0.2, 0) is 16.0 Å². The third-order valence-electron chi connectivity index (χ3n) is 4.37. The Kier molecular flexibility index (Phi) is 7.68. The molecule has 7 nitrogen and oxygen atoms in total. The summed E-state index contributed by atoms with van der Waals surface area (Å²) in [6.07, 6.45) is 4.95. The normalized spacial score (nSPS) is 15.7. The molecule has 1 aliphatic heterocycles. The third-order valence-corrected chi connectivity index (χ3v) is 4.37. The van der Waals surface area contributed by atoms with Crippen molar-refractivity contribution in [2.75, 3.05) is 33.4 Å². The van der Waals surface area contributed by atoms with Gasteiger partial charge in [0.15, 0.2) is 5.96 Å². The minimum absolute atomic E-state index is 0.349. The van der Waals surface area contributed by atoms with E-state index in [1.54, 1.807) is 13.3 Å². The smallest absolute Gasteiger partial charge is 0.226 e. The molecule has 27 heavy (non-hydrogen) atoms. The van der Waals surface area contributed by atoms with Crippen molar-refractivity contribution in [3.05, 3.63) is 42.3 Å². The summed E-state index contributed by atoms with van der Waals surface area (Å²) in [5, 5.41) is 6.54. The highest BCUT2D eigenvalue weighted by Gasteiger charge is 2.13. The van der Waals surface area contributed by atoms with Gasteiger partial charge in [0.1, 0.15) is 6.26 Å². The lowest BCUT2D eigenvalue weighted by Crippen LogP contribution is -2.37. The Morgan fingerprint density at radius 3 is 2.81 bits per heavy atom. The lowest BCUT2D eigenvalue weighted by Gasteiger charge is -2.22. The molecule has 2 heterocycles. The minimum atomic E-state index is 0.349. The molecule has 0 unspecified atom stereocenters. The molecule has 1 aromatic carbocycles. The summed E-state index contributed by atoms with van der Waals surface area (Å²) in [6, 6.07) is 9.86. The van der Waals surface area contributed by atoms with Gasteiger partial charge < -0.3 is 24.5 Å². The van der Waals surface area contributed by atoms with Crippen molar-refractivity contribution in [1.29, 1.82) is 0 Å². The zero-order valence-corrected chi connectivity index (χ0v) is 15.8. The van der Waals surface area contributed by atoms with E-state index in [0.29, 0.717) is 18.5 Å². The number of aliphatic imine (C=N–C) groups is 1. The third kappa shape index (κ3) is 6.37. The van der Waals surface area contributed by atoms with E-state index in [1.165, 1.54) is 0 Å². The second kappa shape index (κ2) is 10.7. The monoisotopic (exact) mass is 372 g/mol. The van der Waals surface area contributed by atoms with Crippen LogP contribution in [0, 0.1) is 0 Å². The molecule has 2 N–H and O–H groups in total. The molecule has 1 saturated heterocycles. The van der Waals surface area contributed by atoms with Gasteiger partial charge in [-0.3, -0.25) is 4.99 Å². The summed E-state index contributed by atoms with van der Waals surface area (Å²) in [5.41, 5.74) is 1.80. The topological polar surface area (TPSA) is 80.9 Å². The van der Waals surface area contributed by atoms with Crippen molar-refractivity contribution in [1.82, 2.24) is 15.6 Å². The highest BCUT2D eigenvalue weighted by atomic mass is 16.5. The molecule has 0 aliphatic carbocycles. The van der Waals surface area contributed by atoms with E-state index >= 15 is 0 Å². The van der Waals surface area contributed by atoms with Crippen molar-refractivity contribution in [2.45, 2.75) is 31.9 Å². The lowest BCUT2D eigenvalue weighted by atomic mass is 10.1. The number of nitrogens with zero attached hydrogens (tertiary/aromatic N) is 2. The first-order valence-corrected chi connectivity index (χ1v) is 9.49. The number of benzene rings is 1. The zero-order valence-electron chi connectivity index (χ0n) is 15.8. The van der Waals surface area contributed by atoms with Gasteiger partial charge in [0.05, 0.1) is 18.3 Å². The maximum atomic E-state index is 5.87. The Labute approximate surface area is 160 Å². The number of oxazole rings is 1. The molecular weight excluding hydrogens is 344 g/mol. The molecule has 2 aromatic rings. The maximum absolute atomic E-state index is 5.87. The summed E-state index contributed by atoms with van der Waals surface area (Å²) in [6.45, 7) is 3.73. The lowest BCUT2D eigenvalue weighted by molar-refractivity contribution is -0.0320. The van der Waals surface area contributed by atoms with Gasteiger partial charge in [-0.15, -0.1) is 0 Å². The fourth-order valence-corrected chi connectivity index (χ4v) is 2.87. The minimum Gasteiger partial charge on any atom is -0.444 e. The number of nitrogens with one attached hydrogen (secondary N) is 2. The van der Waals surface area contributed by atoms with Crippen molar-refractivity contribution >= 4 is 5.96 Å². The number of hydrogen-bond donors (Lipinski definition) is 2. The molecule has 3 rings (SSSR count). The van der Waals surface area contributed by atoms with Gasteiger partial charge in [0.25, 0.3) is 0 Å². The molecule has 0 bridgehead atoms. The molecule has 7 heteroatoms. The van der Waals surface area contributed by atoms with Crippen LogP contribution in [0.2, 0.25) is 0 Å². The molecule has 0 atom stereocenters. The quantitative estimate of drug-likeness (QED) is 0.421. The van der Waals surface area contributed by atoms with E-state index in [1.807, 2.05) is 30.3 Å². The van der Waals surface area contributed by atoms with Gasteiger partial charge in [0, 0.05) is 39.0 Å². The molecule has 0 spiro atoms. The van der Waals surface area contributed by atoms with E-state index in [2.05, 4.69) is 20.6 Å². The van der Waals surface area contributed by atoms with Crippen LogP contribution in [0.3, 0.4) is 0 Å². The van der Waals surface area contributed by atoms with Gasteiger partial charge in [-0.1, -0.05) is 18.2 Å². The van der Waals surface area contributed by atoms with Crippen LogP contribution in [0.4, 0.5) is 0 Å². The molecule has 1 fully saturated rings. The second-order valence-corrected chi connectivity index (χ2v) is 6.40. The Hall–Kier alpha value is -2.38. The Bertz CT molecular complexity index is 696. The largest absolute Gasteiger partial charge is 0.444 e. The zero-order chi connectivity index (χ0) is 18.7. The van der Waals surface area contributed by atoms with Gasteiger partial charge in [-0.25, -0.2) is 4.98 Å². The van der Waals surface area contributed by atoms with E-state index in [4.69, 9.17) is 13.9 Å². The fraction of sp³-hybridized carbons (Fsp3) is 0.500. The summed E-state index contributed by atoms with van der Waals surface area (Å²) in [4.78, 5) is 8.74. The van der Waals surface area contributed by atoms with E-state index in [9.17, 15) is 0 Å². The average molecular weight is 372 g/mol. The number of rotatable bonds is 8. The first-order valence-electron chi connectivity index (χ1n) is 9.49. The molecule has 1 aliphatic rings. The van der Waals surface area contributed by atoms with Gasteiger partial charge >= 0.3 is 0 Å². The molecule has 0 amide bonds. The average Bonchev–Trinajstić information content (AvgIpc) is 3.20. The molecule has 146 valence electrons. The van der Waals surface area contributed by atoms with Crippen LogP contribution in [-0.4, -0.2) is 50.5 Å². The van der Waals surface area contributed by atoms with E-state index in [0.717, 1.165) is 62.8 Å². The number of aromatic nitrogens is 1. The molecular formula is C20H28N4O3. The van der Waals surface area contributed by atoms with Crippen LogP contribution >= 0.6 is 0 Å². The predicted octanol–water partition coefficient (Wildman–Crippen LogP) is 2.59. The standard InChI is InChI=1S/C20H28N4O3/c1-21-20(22-10-5-11-26-18-8-12-25-13-9-18)23-14-17-15-27-19(24-17)16-6-3-2-4-7-16/h2-4,6-7,15,18H,5,8-14H2,1H3,(H2,21,22,23). The summed E-state index contributed by atoms with van der Waals surface area (Å²) in [5.74, 6) is 1.37. The van der Waals surface area contributed by atoms with E-state index in [-0.39, 0.29) is 0 Å². The Morgan fingerprint density at radius 2 is 2.04 bits per heavy atom. The van der Waals surface area contributed by atoms with Crippen LogP contribution < -0.4 is 10.6 Å². The predicted molar refractivity (Wildman–Crippen MR) is 105 cm³/mol. The van der Waals surface area contributed by atoms with Crippen LogP contribution in [0.5, 0.6) is 0 Å². The van der Waals surface area contributed by atoms with Gasteiger partial charge in [-0.2, -0.15) is 0 Å². The first kappa shape index (κ1) is 19.4. The Morgan fingerprint density at radius 1 is 1.22 bits per heavy atom. The SMILES string of the molecule is CN=C(NCCCOC1CCOCC1)NCc1coc(-c2ccccc2)n1. The van der Waals surface area contributed by atoms with Crippen molar-refractivity contribution in [3.63, 3.8) is 0 Å². The van der Waals surface area contributed by atoms with Crippen LogP contribution in [0.15, 0.2) is 46.0 Å². The highest BCUT2D eigenvalue weighted by Crippen LogP contribution is 2.17. The number of guanidine groups is 1. The molecule has 0 saturated carbocycles. The molecule has 1 aromatic heterocycles. The van der Waals surface area contributed by atoms with Gasteiger partial charge in [-0.05, 0) is 31.4 Å². The maximum Gasteiger partial charge on any atom is 0.226 e. The first-order chi connectivity index (χ1) is 13.3. The van der Waals surface area contributed by atoms with Crippen molar-refractivity contribution in [3.8, 4) is 11.5 Å². The van der Waals surface area contributed by atoms with Crippen LogP contribution in [0.1, 0.15) is 25.0 Å². The summed E-state index contributed by atoms with van der Waals surface area (Å²) < 4.78 is 16.8. The van der Waals surface area contributed by atoms with Crippen molar-refractivity contribution in [2.24, 2.45) is 4.99 Å². The van der Waals surface area contributed by atoms with E-state index < -0.39 is 0 Å². The number of ether oxygens (including phenoxy) is 2.